The van der Waals surface area contributed by atoms with E-state index in [0.29, 0.717) is 11.3 Å². The van der Waals surface area contributed by atoms with E-state index in [2.05, 4.69) is 20.6 Å². The summed E-state index contributed by atoms with van der Waals surface area (Å²) in [6.07, 6.45) is 0.997. The minimum absolute atomic E-state index is 0.117. The fourth-order valence-electron chi connectivity index (χ4n) is 1.98. The summed E-state index contributed by atoms with van der Waals surface area (Å²) in [6, 6.07) is 9.11. The molecule has 1 aromatic carbocycles. The number of benzene rings is 1. The molecule has 0 aliphatic rings. The standard InChI is InChI=1S/C17H13FN4O3S/c1-25-12-5-2-10(3-6-12)15(23)22-17-20-13(9-26-17)16(24)21-14-7-4-11(18)8-19-14/h2-9H,1H3,(H,19,21,24)(H,20,22,23). The lowest BCUT2D eigenvalue weighted by atomic mass is 10.2. The molecule has 0 atom stereocenters. The van der Waals surface area contributed by atoms with Gasteiger partial charge >= 0.3 is 0 Å². The number of nitrogens with zero attached hydrogens (tertiary/aromatic N) is 2. The molecular weight excluding hydrogens is 359 g/mol. The summed E-state index contributed by atoms with van der Waals surface area (Å²) in [6.45, 7) is 0. The Balaban J connectivity index is 1.64. The number of methoxy groups -OCH3 is 1. The van der Waals surface area contributed by atoms with E-state index in [0.717, 1.165) is 17.5 Å². The van der Waals surface area contributed by atoms with Crippen molar-refractivity contribution >= 4 is 34.1 Å². The molecule has 7 nitrogen and oxygen atoms in total. The van der Waals surface area contributed by atoms with Crippen LogP contribution in [0.3, 0.4) is 0 Å². The van der Waals surface area contributed by atoms with Crippen LogP contribution in [0.25, 0.3) is 0 Å². The Bertz CT molecular complexity index is 926. The first-order valence-electron chi connectivity index (χ1n) is 7.39. The minimum Gasteiger partial charge on any atom is -0.497 e. The van der Waals surface area contributed by atoms with Gasteiger partial charge in [0.15, 0.2) is 5.13 Å². The molecule has 3 rings (SSSR count). The Morgan fingerprint density at radius 1 is 1.08 bits per heavy atom. The molecule has 2 heterocycles. The van der Waals surface area contributed by atoms with Crippen LogP contribution in [0.4, 0.5) is 15.3 Å². The number of halogens is 1. The maximum Gasteiger partial charge on any atom is 0.276 e. The van der Waals surface area contributed by atoms with Crippen molar-refractivity contribution < 1.29 is 18.7 Å². The van der Waals surface area contributed by atoms with Gasteiger partial charge in [-0.05, 0) is 36.4 Å². The normalized spacial score (nSPS) is 10.2. The Morgan fingerprint density at radius 2 is 1.85 bits per heavy atom. The molecule has 2 aromatic heterocycles. The Kier molecular flexibility index (Phi) is 5.18. The van der Waals surface area contributed by atoms with Crippen LogP contribution in [0.5, 0.6) is 5.75 Å². The number of hydrogen-bond acceptors (Lipinski definition) is 6. The van der Waals surface area contributed by atoms with Crippen LogP contribution in [0.15, 0.2) is 48.0 Å². The highest BCUT2D eigenvalue weighted by molar-refractivity contribution is 7.14. The molecule has 2 amide bonds. The molecule has 0 spiro atoms. The van der Waals surface area contributed by atoms with Crippen molar-refractivity contribution in [2.75, 3.05) is 17.7 Å². The summed E-state index contributed by atoms with van der Waals surface area (Å²) in [5, 5.41) is 6.91. The van der Waals surface area contributed by atoms with Gasteiger partial charge in [0.2, 0.25) is 0 Å². The van der Waals surface area contributed by atoms with E-state index in [-0.39, 0.29) is 22.6 Å². The largest absolute Gasteiger partial charge is 0.497 e. The molecule has 0 aliphatic carbocycles. The average Bonchev–Trinajstić information content (AvgIpc) is 3.12. The van der Waals surface area contributed by atoms with E-state index in [4.69, 9.17) is 4.74 Å². The third-order valence-electron chi connectivity index (χ3n) is 3.28. The van der Waals surface area contributed by atoms with Gasteiger partial charge in [0.1, 0.15) is 23.1 Å². The predicted molar refractivity (Wildman–Crippen MR) is 95.2 cm³/mol. The zero-order chi connectivity index (χ0) is 18.5. The first-order valence-corrected chi connectivity index (χ1v) is 8.27. The van der Waals surface area contributed by atoms with E-state index in [1.165, 1.54) is 17.5 Å². The maximum absolute atomic E-state index is 12.8. The molecule has 0 aliphatic heterocycles. The van der Waals surface area contributed by atoms with E-state index in [9.17, 15) is 14.0 Å². The molecule has 9 heteroatoms. The van der Waals surface area contributed by atoms with E-state index >= 15 is 0 Å². The number of rotatable bonds is 5. The number of carbonyl (C=O) groups excluding carboxylic acids is 2. The van der Waals surface area contributed by atoms with Crippen molar-refractivity contribution in [1.29, 1.82) is 0 Å². The Labute approximate surface area is 151 Å². The van der Waals surface area contributed by atoms with Crippen LogP contribution >= 0.6 is 11.3 Å². The first-order chi connectivity index (χ1) is 12.5. The lowest BCUT2D eigenvalue weighted by Crippen LogP contribution is -2.15. The number of nitrogens with one attached hydrogen (secondary N) is 2. The number of carbonyl (C=O) groups is 2. The third kappa shape index (κ3) is 4.19. The van der Waals surface area contributed by atoms with Gasteiger partial charge in [0.05, 0.1) is 13.3 Å². The number of aromatic nitrogens is 2. The second-order valence-electron chi connectivity index (χ2n) is 5.04. The van der Waals surface area contributed by atoms with Crippen LogP contribution in [0, 0.1) is 5.82 Å². The molecule has 132 valence electrons. The summed E-state index contributed by atoms with van der Waals surface area (Å²) in [4.78, 5) is 32.1. The minimum atomic E-state index is -0.509. The quantitative estimate of drug-likeness (QED) is 0.717. The SMILES string of the molecule is COc1ccc(C(=O)Nc2nc(C(=O)Nc3ccc(F)cn3)cs2)cc1. The first kappa shape index (κ1) is 17.5. The van der Waals surface area contributed by atoms with Crippen molar-refractivity contribution in [1.82, 2.24) is 9.97 Å². The van der Waals surface area contributed by atoms with Gasteiger partial charge in [-0.1, -0.05) is 0 Å². The lowest BCUT2D eigenvalue weighted by Gasteiger charge is -2.03. The molecule has 0 radical (unpaired) electrons. The van der Waals surface area contributed by atoms with Gasteiger partial charge in [0, 0.05) is 10.9 Å². The number of hydrogen-bond donors (Lipinski definition) is 2. The van der Waals surface area contributed by atoms with Gasteiger partial charge in [-0.2, -0.15) is 0 Å². The smallest absolute Gasteiger partial charge is 0.276 e. The number of pyridine rings is 1. The Morgan fingerprint density at radius 3 is 2.50 bits per heavy atom. The molecule has 2 N–H and O–H groups in total. The maximum atomic E-state index is 12.8. The highest BCUT2D eigenvalue weighted by Gasteiger charge is 2.14. The lowest BCUT2D eigenvalue weighted by molar-refractivity contribution is 0.101. The molecule has 0 saturated heterocycles. The fraction of sp³-hybridized carbons (Fsp3) is 0.0588. The molecular formula is C17H13FN4O3S. The zero-order valence-corrected chi connectivity index (χ0v) is 14.3. The number of ether oxygens (including phenoxy) is 1. The second-order valence-corrected chi connectivity index (χ2v) is 5.89. The van der Waals surface area contributed by atoms with Crippen LogP contribution in [-0.2, 0) is 0 Å². The van der Waals surface area contributed by atoms with E-state index in [1.807, 2.05) is 0 Å². The highest BCUT2D eigenvalue weighted by atomic mass is 32.1. The van der Waals surface area contributed by atoms with Crippen LogP contribution < -0.4 is 15.4 Å². The van der Waals surface area contributed by atoms with Gasteiger partial charge < -0.3 is 10.1 Å². The van der Waals surface area contributed by atoms with Gasteiger partial charge in [0.25, 0.3) is 11.8 Å². The molecule has 0 fully saturated rings. The van der Waals surface area contributed by atoms with Crippen molar-refractivity contribution in [3.05, 3.63) is 65.0 Å². The monoisotopic (exact) mass is 372 g/mol. The summed E-state index contributed by atoms with van der Waals surface area (Å²) in [5.74, 6) is -0.517. The number of thiazole rings is 1. The zero-order valence-electron chi connectivity index (χ0n) is 13.5. The van der Waals surface area contributed by atoms with E-state index < -0.39 is 11.7 Å². The number of anilines is 2. The predicted octanol–water partition coefficient (Wildman–Crippen LogP) is 3.19. The van der Waals surface area contributed by atoms with Crippen LogP contribution in [0.2, 0.25) is 0 Å². The van der Waals surface area contributed by atoms with Crippen molar-refractivity contribution in [3.8, 4) is 5.75 Å². The molecule has 26 heavy (non-hydrogen) atoms. The Hall–Kier alpha value is -3.33. The van der Waals surface area contributed by atoms with E-state index in [1.54, 1.807) is 31.4 Å². The van der Waals surface area contributed by atoms with Gasteiger partial charge in [-0.15, -0.1) is 11.3 Å². The summed E-state index contributed by atoms with van der Waals surface area (Å²) < 4.78 is 17.9. The van der Waals surface area contributed by atoms with Crippen molar-refractivity contribution in [3.63, 3.8) is 0 Å². The summed E-state index contributed by atoms with van der Waals surface area (Å²) in [5.41, 5.74) is 0.550. The number of amides is 2. The van der Waals surface area contributed by atoms with Crippen molar-refractivity contribution in [2.24, 2.45) is 0 Å². The summed E-state index contributed by atoms with van der Waals surface area (Å²) >= 11 is 1.11. The van der Waals surface area contributed by atoms with Gasteiger partial charge in [-0.3, -0.25) is 14.9 Å². The molecule has 0 saturated carbocycles. The summed E-state index contributed by atoms with van der Waals surface area (Å²) in [7, 11) is 1.54. The third-order valence-corrected chi connectivity index (χ3v) is 4.04. The van der Waals surface area contributed by atoms with Crippen LogP contribution in [0.1, 0.15) is 20.8 Å². The van der Waals surface area contributed by atoms with Crippen molar-refractivity contribution in [2.45, 2.75) is 0 Å². The second kappa shape index (κ2) is 7.70. The highest BCUT2D eigenvalue weighted by Crippen LogP contribution is 2.18. The molecule has 0 unspecified atom stereocenters. The topological polar surface area (TPSA) is 93.2 Å². The molecule has 3 aromatic rings. The average molecular weight is 372 g/mol. The molecule has 0 bridgehead atoms. The fourth-order valence-corrected chi connectivity index (χ4v) is 2.66. The van der Waals surface area contributed by atoms with Crippen LogP contribution in [-0.4, -0.2) is 28.9 Å². The van der Waals surface area contributed by atoms with Gasteiger partial charge in [-0.25, -0.2) is 14.4 Å².